The summed E-state index contributed by atoms with van der Waals surface area (Å²) in [4.78, 5) is 21.4. The molecule has 0 aromatic carbocycles. The average Bonchev–Trinajstić information content (AvgIpc) is 2.75. The van der Waals surface area contributed by atoms with Crippen molar-refractivity contribution in [3.05, 3.63) is 12.2 Å². The molecular formula is C25H48O5. The fraction of sp³-hybridized carbons (Fsp3) is 0.840. The summed E-state index contributed by atoms with van der Waals surface area (Å²) in [6, 6.07) is 0. The van der Waals surface area contributed by atoms with Crippen LogP contribution in [0.1, 0.15) is 124 Å². The SMILES string of the molecule is CCCC.CCCCCCCCCCCCCCC/C=C/COC(=O)C(O)C(=O)O. The maximum Gasteiger partial charge on any atom is 0.347 e. The van der Waals surface area contributed by atoms with Crippen LogP contribution >= 0.6 is 0 Å². The largest absolute Gasteiger partial charge is 0.479 e. The molecule has 0 aliphatic rings. The number of aliphatic hydroxyl groups is 1. The first-order chi connectivity index (χ1) is 14.5. The smallest absolute Gasteiger partial charge is 0.347 e. The fourth-order valence-electron chi connectivity index (χ4n) is 2.78. The Hall–Kier alpha value is -1.36. The summed E-state index contributed by atoms with van der Waals surface area (Å²) in [6.45, 7) is 6.62. The number of unbranched alkanes of at least 4 members (excludes halogenated alkanes) is 14. The number of aliphatic hydroxyl groups excluding tert-OH is 1. The molecule has 0 saturated carbocycles. The Morgan fingerprint density at radius 3 is 1.53 bits per heavy atom. The zero-order valence-corrected chi connectivity index (χ0v) is 19.9. The number of hydrogen-bond acceptors (Lipinski definition) is 4. The van der Waals surface area contributed by atoms with E-state index in [0.29, 0.717) is 0 Å². The summed E-state index contributed by atoms with van der Waals surface area (Å²) in [5.41, 5.74) is 0. The van der Waals surface area contributed by atoms with Gasteiger partial charge in [0.25, 0.3) is 0 Å². The number of carboxylic acids is 1. The number of allylic oxidation sites excluding steroid dienone is 1. The molecule has 0 saturated heterocycles. The highest BCUT2D eigenvalue weighted by atomic mass is 16.6. The van der Waals surface area contributed by atoms with Gasteiger partial charge in [-0.25, -0.2) is 9.59 Å². The van der Waals surface area contributed by atoms with Crippen molar-refractivity contribution in [1.82, 2.24) is 0 Å². The van der Waals surface area contributed by atoms with E-state index in [1.54, 1.807) is 6.08 Å². The molecule has 5 heteroatoms. The van der Waals surface area contributed by atoms with Crippen LogP contribution in [0.2, 0.25) is 0 Å². The van der Waals surface area contributed by atoms with E-state index in [0.717, 1.165) is 12.8 Å². The van der Waals surface area contributed by atoms with Gasteiger partial charge in [-0.15, -0.1) is 0 Å². The van der Waals surface area contributed by atoms with Gasteiger partial charge in [-0.3, -0.25) is 0 Å². The van der Waals surface area contributed by atoms with Crippen LogP contribution in [0.4, 0.5) is 0 Å². The van der Waals surface area contributed by atoms with Crippen LogP contribution < -0.4 is 0 Å². The Bertz CT molecular complexity index is 404. The molecule has 5 nitrogen and oxygen atoms in total. The van der Waals surface area contributed by atoms with Gasteiger partial charge in [0.1, 0.15) is 6.61 Å². The zero-order chi connectivity index (χ0) is 22.9. The minimum Gasteiger partial charge on any atom is -0.479 e. The number of aliphatic carboxylic acids is 1. The summed E-state index contributed by atoms with van der Waals surface area (Å²) >= 11 is 0. The van der Waals surface area contributed by atoms with Gasteiger partial charge in [0, 0.05) is 0 Å². The highest BCUT2D eigenvalue weighted by molar-refractivity contribution is 5.96. The van der Waals surface area contributed by atoms with Gasteiger partial charge in [-0.1, -0.05) is 123 Å². The van der Waals surface area contributed by atoms with E-state index < -0.39 is 18.0 Å². The van der Waals surface area contributed by atoms with Gasteiger partial charge >= 0.3 is 11.9 Å². The monoisotopic (exact) mass is 428 g/mol. The summed E-state index contributed by atoms with van der Waals surface area (Å²) in [7, 11) is 0. The van der Waals surface area contributed by atoms with E-state index in [2.05, 4.69) is 25.5 Å². The second-order valence-corrected chi connectivity index (χ2v) is 7.87. The molecule has 2 N–H and O–H groups in total. The predicted molar refractivity (Wildman–Crippen MR) is 125 cm³/mol. The van der Waals surface area contributed by atoms with E-state index in [9.17, 15) is 9.59 Å². The van der Waals surface area contributed by atoms with Crippen LogP contribution in [0.15, 0.2) is 12.2 Å². The van der Waals surface area contributed by atoms with Gasteiger partial charge in [0.2, 0.25) is 6.10 Å². The van der Waals surface area contributed by atoms with Crippen LogP contribution in [-0.2, 0) is 14.3 Å². The molecule has 0 radical (unpaired) electrons. The first kappa shape index (κ1) is 30.8. The first-order valence-corrected chi connectivity index (χ1v) is 12.2. The molecule has 178 valence electrons. The average molecular weight is 429 g/mol. The fourth-order valence-corrected chi connectivity index (χ4v) is 2.78. The van der Waals surface area contributed by atoms with Crippen molar-refractivity contribution in [2.75, 3.05) is 6.61 Å². The molecule has 0 rings (SSSR count). The summed E-state index contributed by atoms with van der Waals surface area (Å²) in [5.74, 6) is -2.71. The van der Waals surface area contributed by atoms with Gasteiger partial charge in [-0.05, 0) is 12.8 Å². The third kappa shape index (κ3) is 24.7. The summed E-state index contributed by atoms with van der Waals surface area (Å²) in [6.07, 6.45) is 22.4. The maximum atomic E-state index is 11.1. The molecular weight excluding hydrogens is 380 g/mol. The number of carbonyl (C=O) groups is 2. The van der Waals surface area contributed by atoms with Gasteiger partial charge in [0.05, 0.1) is 0 Å². The minimum atomic E-state index is -2.09. The molecule has 0 fully saturated rings. The lowest BCUT2D eigenvalue weighted by molar-refractivity contribution is -0.164. The molecule has 30 heavy (non-hydrogen) atoms. The number of carboxylic acid groups (broad SMARTS) is 1. The summed E-state index contributed by atoms with van der Waals surface area (Å²) in [5, 5.41) is 17.4. The molecule has 0 amide bonds. The Morgan fingerprint density at radius 1 is 0.700 bits per heavy atom. The Balaban J connectivity index is 0. The van der Waals surface area contributed by atoms with Crippen molar-refractivity contribution in [1.29, 1.82) is 0 Å². The number of carbonyl (C=O) groups excluding carboxylic acids is 1. The van der Waals surface area contributed by atoms with E-state index in [-0.39, 0.29) is 6.61 Å². The Labute approximate surface area is 185 Å². The lowest BCUT2D eigenvalue weighted by atomic mass is 10.0. The molecule has 0 aliphatic carbocycles. The normalized spacial score (nSPS) is 11.7. The van der Waals surface area contributed by atoms with Gasteiger partial charge in [-0.2, -0.15) is 0 Å². The highest BCUT2D eigenvalue weighted by Gasteiger charge is 2.23. The first-order valence-electron chi connectivity index (χ1n) is 12.2. The van der Waals surface area contributed by atoms with Gasteiger partial charge < -0.3 is 14.9 Å². The number of esters is 1. The maximum absolute atomic E-state index is 11.1. The summed E-state index contributed by atoms with van der Waals surface area (Å²) < 4.78 is 4.63. The van der Waals surface area contributed by atoms with Crippen molar-refractivity contribution in [2.45, 2.75) is 130 Å². The molecule has 0 aliphatic heterocycles. The van der Waals surface area contributed by atoms with Crippen molar-refractivity contribution in [2.24, 2.45) is 0 Å². The van der Waals surface area contributed by atoms with Crippen LogP contribution in [0.3, 0.4) is 0 Å². The third-order valence-corrected chi connectivity index (χ3v) is 4.92. The van der Waals surface area contributed by atoms with Crippen molar-refractivity contribution in [3.63, 3.8) is 0 Å². The predicted octanol–water partition coefficient (Wildman–Crippen LogP) is 6.82. The quantitative estimate of drug-likeness (QED) is 0.102. The van der Waals surface area contributed by atoms with Crippen LogP contribution in [0.5, 0.6) is 0 Å². The second kappa shape index (κ2) is 25.7. The molecule has 0 spiro atoms. The van der Waals surface area contributed by atoms with Crippen molar-refractivity contribution >= 4 is 11.9 Å². The van der Waals surface area contributed by atoms with E-state index in [4.69, 9.17) is 10.2 Å². The number of rotatable bonds is 19. The number of ether oxygens (including phenoxy) is 1. The Kier molecular flexibility index (Phi) is 26.4. The lowest BCUT2D eigenvalue weighted by Gasteiger charge is -2.04. The van der Waals surface area contributed by atoms with Crippen LogP contribution in [0, 0.1) is 0 Å². The standard InChI is InChI=1S/C21H38O5.C4H10/c1-2-3-4-5-6-7-8-9-10-11-12-13-14-15-16-17-18-26-21(25)19(22)20(23)24;1-3-4-2/h16-17,19,22H,2-15,18H2,1H3,(H,23,24);3-4H2,1-2H3/b17-16+;. The minimum absolute atomic E-state index is 0.00160. The van der Waals surface area contributed by atoms with Crippen molar-refractivity contribution in [3.8, 4) is 0 Å². The second-order valence-electron chi connectivity index (χ2n) is 7.87. The van der Waals surface area contributed by atoms with E-state index in [1.165, 1.54) is 89.9 Å². The van der Waals surface area contributed by atoms with Crippen LogP contribution in [0.25, 0.3) is 0 Å². The molecule has 1 unspecified atom stereocenters. The Morgan fingerprint density at radius 2 is 1.13 bits per heavy atom. The molecule has 0 heterocycles. The lowest BCUT2D eigenvalue weighted by Crippen LogP contribution is -2.31. The van der Waals surface area contributed by atoms with Crippen LogP contribution in [-0.4, -0.2) is 34.9 Å². The molecule has 0 aromatic rings. The molecule has 1 atom stereocenters. The van der Waals surface area contributed by atoms with Gasteiger partial charge in [0.15, 0.2) is 0 Å². The zero-order valence-electron chi connectivity index (χ0n) is 19.9. The molecule has 0 bridgehead atoms. The van der Waals surface area contributed by atoms with Crippen molar-refractivity contribution < 1.29 is 24.5 Å². The van der Waals surface area contributed by atoms with E-state index in [1.807, 2.05) is 6.08 Å². The molecule has 0 aromatic heterocycles. The number of hydrogen-bond donors (Lipinski definition) is 2. The van der Waals surface area contributed by atoms with E-state index >= 15 is 0 Å². The topological polar surface area (TPSA) is 83.8 Å². The third-order valence-electron chi connectivity index (χ3n) is 4.92. The highest BCUT2D eigenvalue weighted by Crippen LogP contribution is 2.13.